The molecule has 1 aromatic heterocycles. The molecule has 32 heavy (non-hydrogen) atoms. The number of hydrogen-bond donors (Lipinski definition) is 0. The highest BCUT2D eigenvalue weighted by molar-refractivity contribution is 7.89. The highest BCUT2D eigenvalue weighted by Crippen LogP contribution is 2.28. The fourth-order valence-corrected chi connectivity index (χ4v) is 6.69. The number of fused-ring (bicyclic) bond motifs is 1. The Morgan fingerprint density at radius 2 is 2.03 bits per heavy atom. The molecular formula is C23H25N3O4S2. The largest absolute Gasteiger partial charge is 0.497 e. The molecular weight excluding hydrogens is 446 g/mol. The summed E-state index contributed by atoms with van der Waals surface area (Å²) in [5.41, 5.74) is 2.09. The number of benzene rings is 2. The van der Waals surface area contributed by atoms with Gasteiger partial charge in [0, 0.05) is 13.1 Å². The molecule has 0 bridgehead atoms. The van der Waals surface area contributed by atoms with Gasteiger partial charge in [0.2, 0.25) is 10.0 Å². The Labute approximate surface area is 191 Å². The quantitative estimate of drug-likeness (QED) is 0.516. The second-order valence-corrected chi connectivity index (χ2v) is 10.6. The van der Waals surface area contributed by atoms with Crippen LogP contribution in [0.25, 0.3) is 10.2 Å². The molecule has 0 radical (unpaired) electrons. The lowest BCUT2D eigenvalue weighted by Crippen LogP contribution is -2.40. The molecule has 9 heteroatoms. The van der Waals surface area contributed by atoms with E-state index in [1.807, 2.05) is 23.6 Å². The van der Waals surface area contributed by atoms with Crippen LogP contribution >= 0.6 is 11.3 Å². The molecule has 168 valence electrons. The summed E-state index contributed by atoms with van der Waals surface area (Å²) in [5, 5.41) is 0. The number of allylic oxidation sites excluding steroid dienone is 1. The number of carbonyl (C=O) groups is 1. The van der Waals surface area contributed by atoms with Crippen molar-refractivity contribution in [3.8, 4) is 5.75 Å². The number of carbonyl (C=O) groups excluding carboxylic acids is 1. The summed E-state index contributed by atoms with van der Waals surface area (Å²) >= 11 is 1.42. The van der Waals surface area contributed by atoms with E-state index in [9.17, 15) is 13.2 Å². The minimum atomic E-state index is -3.82. The number of amides is 1. The van der Waals surface area contributed by atoms with E-state index >= 15 is 0 Å². The maximum atomic E-state index is 13.2. The van der Waals surface area contributed by atoms with Crippen molar-refractivity contribution in [1.82, 2.24) is 8.87 Å². The number of nitrogens with zero attached hydrogens (tertiary/aromatic N) is 3. The van der Waals surface area contributed by atoms with Gasteiger partial charge in [0.25, 0.3) is 5.91 Å². The van der Waals surface area contributed by atoms with E-state index in [1.165, 1.54) is 34.9 Å². The number of rotatable bonds is 6. The maximum Gasteiger partial charge on any atom is 0.266 e. The van der Waals surface area contributed by atoms with Crippen molar-refractivity contribution in [3.05, 3.63) is 65.5 Å². The molecule has 0 saturated carbocycles. The topological polar surface area (TPSA) is 81.0 Å². The smallest absolute Gasteiger partial charge is 0.266 e. The van der Waals surface area contributed by atoms with Crippen molar-refractivity contribution in [1.29, 1.82) is 0 Å². The third-order valence-corrected chi connectivity index (χ3v) is 8.47. The van der Waals surface area contributed by atoms with Gasteiger partial charge in [-0.15, -0.1) is 6.58 Å². The van der Waals surface area contributed by atoms with Gasteiger partial charge in [0.1, 0.15) is 11.8 Å². The molecule has 0 N–H and O–H groups in total. The van der Waals surface area contributed by atoms with Crippen LogP contribution in [0.1, 0.15) is 18.4 Å². The minimum Gasteiger partial charge on any atom is -0.497 e. The van der Waals surface area contributed by atoms with E-state index in [2.05, 4.69) is 17.6 Å². The summed E-state index contributed by atoms with van der Waals surface area (Å²) in [4.78, 5) is 18.2. The molecule has 4 rings (SSSR count). The zero-order valence-corrected chi connectivity index (χ0v) is 19.7. The molecule has 2 aromatic carbocycles. The third kappa shape index (κ3) is 4.15. The molecule has 1 atom stereocenters. The Morgan fingerprint density at radius 1 is 1.28 bits per heavy atom. The zero-order chi connectivity index (χ0) is 22.9. The molecule has 0 aliphatic carbocycles. The lowest BCUT2D eigenvalue weighted by Gasteiger charge is -2.21. The van der Waals surface area contributed by atoms with Crippen molar-refractivity contribution >= 4 is 37.5 Å². The van der Waals surface area contributed by atoms with Crippen molar-refractivity contribution in [3.63, 3.8) is 0 Å². The lowest BCUT2D eigenvalue weighted by atomic mass is 10.2. The SMILES string of the molecule is C=CCn1c(=NC(=O)C2CCCN2S(=O)(=O)c2ccc(OC)cc2)sc2cc(C)ccc21. The number of ether oxygens (including phenoxy) is 1. The van der Waals surface area contributed by atoms with E-state index in [0.29, 0.717) is 36.5 Å². The van der Waals surface area contributed by atoms with Gasteiger partial charge < -0.3 is 9.30 Å². The Hall–Kier alpha value is -2.75. The van der Waals surface area contributed by atoms with Gasteiger partial charge in [-0.25, -0.2) is 8.42 Å². The van der Waals surface area contributed by atoms with E-state index in [1.54, 1.807) is 18.2 Å². The van der Waals surface area contributed by atoms with Crippen LogP contribution < -0.4 is 9.54 Å². The van der Waals surface area contributed by atoms with Gasteiger partial charge in [0.05, 0.1) is 22.2 Å². The summed E-state index contributed by atoms with van der Waals surface area (Å²) in [6.07, 6.45) is 2.81. The molecule has 3 aromatic rings. The average Bonchev–Trinajstić information content (AvgIpc) is 3.40. The van der Waals surface area contributed by atoms with Crippen LogP contribution in [0.3, 0.4) is 0 Å². The van der Waals surface area contributed by atoms with Crippen LogP contribution in [0.4, 0.5) is 0 Å². The van der Waals surface area contributed by atoms with E-state index in [-0.39, 0.29) is 4.90 Å². The fraction of sp³-hybridized carbons (Fsp3) is 0.304. The van der Waals surface area contributed by atoms with Gasteiger partial charge in [0.15, 0.2) is 4.80 Å². The number of thiazole rings is 1. The molecule has 7 nitrogen and oxygen atoms in total. The molecule has 1 unspecified atom stereocenters. The second kappa shape index (κ2) is 9.01. The molecule has 1 saturated heterocycles. The first-order chi connectivity index (χ1) is 15.3. The highest BCUT2D eigenvalue weighted by Gasteiger charge is 2.39. The average molecular weight is 472 g/mol. The van der Waals surface area contributed by atoms with Gasteiger partial charge in [-0.05, 0) is 61.7 Å². The van der Waals surface area contributed by atoms with Crippen LogP contribution in [0.5, 0.6) is 5.75 Å². The van der Waals surface area contributed by atoms with Crippen molar-refractivity contribution in [2.75, 3.05) is 13.7 Å². The van der Waals surface area contributed by atoms with Crippen LogP contribution in [0, 0.1) is 6.92 Å². The Morgan fingerprint density at radius 3 is 2.72 bits per heavy atom. The first-order valence-corrected chi connectivity index (χ1v) is 12.6. The number of hydrogen-bond acceptors (Lipinski definition) is 5. The van der Waals surface area contributed by atoms with E-state index in [4.69, 9.17) is 4.74 Å². The van der Waals surface area contributed by atoms with E-state index in [0.717, 1.165) is 15.8 Å². The number of aromatic nitrogens is 1. The van der Waals surface area contributed by atoms with Gasteiger partial charge >= 0.3 is 0 Å². The predicted octanol–water partition coefficient (Wildman–Crippen LogP) is 3.49. The monoisotopic (exact) mass is 471 g/mol. The molecule has 1 aliphatic heterocycles. The Kier molecular flexibility index (Phi) is 6.32. The molecule has 0 spiro atoms. The second-order valence-electron chi connectivity index (χ2n) is 7.65. The molecule has 1 amide bonds. The number of sulfonamides is 1. The summed E-state index contributed by atoms with van der Waals surface area (Å²) in [6, 6.07) is 11.5. The summed E-state index contributed by atoms with van der Waals surface area (Å²) in [7, 11) is -2.30. The van der Waals surface area contributed by atoms with Gasteiger partial charge in [-0.3, -0.25) is 4.79 Å². The van der Waals surface area contributed by atoms with Crippen LogP contribution in [-0.4, -0.2) is 42.9 Å². The van der Waals surface area contributed by atoms with Gasteiger partial charge in [-0.2, -0.15) is 9.30 Å². The maximum absolute atomic E-state index is 13.2. The van der Waals surface area contributed by atoms with Crippen LogP contribution in [0.2, 0.25) is 0 Å². The lowest BCUT2D eigenvalue weighted by molar-refractivity contribution is -0.121. The standard InChI is InChI=1S/C23H25N3O4S2/c1-4-13-25-19-12-7-16(2)15-21(19)31-23(25)24-22(27)20-6-5-14-26(20)32(28,29)18-10-8-17(30-3)9-11-18/h4,7-12,15,20H,1,5-6,13-14H2,2-3H3. The van der Waals surface area contributed by atoms with Crippen molar-refractivity contribution in [2.24, 2.45) is 4.99 Å². The van der Waals surface area contributed by atoms with Gasteiger partial charge in [-0.1, -0.05) is 23.5 Å². The third-order valence-electron chi connectivity index (χ3n) is 5.51. The molecule has 1 fully saturated rings. The van der Waals surface area contributed by atoms with Crippen molar-refractivity contribution in [2.45, 2.75) is 37.2 Å². The van der Waals surface area contributed by atoms with Crippen molar-refractivity contribution < 1.29 is 17.9 Å². The highest BCUT2D eigenvalue weighted by atomic mass is 32.2. The summed E-state index contributed by atoms with van der Waals surface area (Å²) in [6.45, 7) is 6.62. The fourth-order valence-electron chi connectivity index (χ4n) is 3.90. The summed E-state index contributed by atoms with van der Waals surface area (Å²) < 4.78 is 35.8. The van der Waals surface area contributed by atoms with Crippen LogP contribution in [0.15, 0.2) is 65.0 Å². The first-order valence-electron chi connectivity index (χ1n) is 10.3. The summed E-state index contributed by atoms with van der Waals surface area (Å²) in [5.74, 6) is 0.125. The number of methoxy groups -OCH3 is 1. The Balaban J connectivity index is 1.70. The number of aryl methyl sites for hydroxylation is 1. The molecule has 1 aliphatic rings. The minimum absolute atomic E-state index is 0.136. The van der Waals surface area contributed by atoms with E-state index < -0.39 is 22.0 Å². The van der Waals surface area contributed by atoms with Crippen LogP contribution in [-0.2, 0) is 21.4 Å². The Bertz CT molecular complexity index is 1340. The predicted molar refractivity (Wildman–Crippen MR) is 125 cm³/mol. The molecule has 2 heterocycles. The normalized spacial score (nSPS) is 17.7. The first kappa shape index (κ1) is 22.4. The zero-order valence-electron chi connectivity index (χ0n) is 18.0.